The maximum atomic E-state index is 5.49. The molecule has 0 spiro atoms. The van der Waals surface area contributed by atoms with Crippen LogP contribution >= 0.6 is 0 Å². The molecule has 0 radical (unpaired) electrons. The van der Waals surface area contributed by atoms with E-state index >= 15 is 0 Å². The molecule has 6 heteroatoms. The summed E-state index contributed by atoms with van der Waals surface area (Å²) in [4.78, 5) is 8.51. The van der Waals surface area contributed by atoms with Crippen molar-refractivity contribution in [2.75, 3.05) is 33.5 Å². The van der Waals surface area contributed by atoms with Gasteiger partial charge >= 0.3 is 0 Å². The van der Waals surface area contributed by atoms with Gasteiger partial charge in [-0.05, 0) is 0 Å². The molecule has 0 amide bonds. The fourth-order valence-electron chi connectivity index (χ4n) is 1.40. The zero-order valence-electron chi connectivity index (χ0n) is 12.6. The first kappa shape index (κ1) is 16.8. The number of rotatable bonds is 11. The van der Waals surface area contributed by atoms with Crippen LogP contribution in [0.15, 0.2) is 12.4 Å². The van der Waals surface area contributed by atoms with Gasteiger partial charge in [0.15, 0.2) is 0 Å². The molecule has 1 aromatic heterocycles. The molecule has 0 aromatic carbocycles. The zero-order valence-corrected chi connectivity index (χ0v) is 12.6. The minimum absolute atomic E-state index is 0.436. The number of nitrogens with zero attached hydrogens (tertiary/aromatic N) is 2. The first-order chi connectivity index (χ1) is 9.72. The van der Waals surface area contributed by atoms with E-state index in [-0.39, 0.29) is 0 Å². The average molecular weight is 283 g/mol. The van der Waals surface area contributed by atoms with Crippen molar-refractivity contribution in [3.05, 3.63) is 18.1 Å². The summed E-state index contributed by atoms with van der Waals surface area (Å²) in [5.41, 5.74) is 0.911. The summed E-state index contributed by atoms with van der Waals surface area (Å²) in [6.07, 6.45) is 4.21. The molecule has 1 heterocycles. The fraction of sp³-hybridized carbons (Fsp3) is 0.714. The summed E-state index contributed by atoms with van der Waals surface area (Å²) in [7, 11) is 1.66. The Labute approximate surface area is 120 Å². The van der Waals surface area contributed by atoms with Crippen molar-refractivity contribution in [1.82, 2.24) is 15.3 Å². The summed E-state index contributed by atoms with van der Waals surface area (Å²) >= 11 is 0. The maximum absolute atomic E-state index is 5.49. The lowest BCUT2D eigenvalue weighted by Gasteiger charge is -2.08. The molecular formula is C14H25N3O3. The summed E-state index contributed by atoms with van der Waals surface area (Å²) in [5.74, 6) is 0.551. The predicted octanol–water partition coefficient (Wildman–Crippen LogP) is 1.41. The van der Waals surface area contributed by atoms with Gasteiger partial charge in [-0.25, -0.2) is 4.98 Å². The largest absolute Gasteiger partial charge is 0.476 e. The molecule has 0 saturated heterocycles. The Morgan fingerprint density at radius 2 is 1.95 bits per heavy atom. The van der Waals surface area contributed by atoms with Crippen LogP contribution in [0, 0.1) is 0 Å². The summed E-state index contributed by atoms with van der Waals surface area (Å²) < 4.78 is 15.7. The Bertz CT molecular complexity index is 344. The molecule has 0 aliphatic rings. The fourth-order valence-corrected chi connectivity index (χ4v) is 1.40. The lowest BCUT2D eigenvalue weighted by Crippen LogP contribution is -2.22. The third kappa shape index (κ3) is 8.04. The topological polar surface area (TPSA) is 65.5 Å². The first-order valence-electron chi connectivity index (χ1n) is 6.96. The Morgan fingerprint density at radius 3 is 2.60 bits per heavy atom. The van der Waals surface area contributed by atoms with Gasteiger partial charge in [0.05, 0.1) is 37.9 Å². The Balaban J connectivity index is 2.12. The van der Waals surface area contributed by atoms with Gasteiger partial charge in [-0.2, -0.15) is 0 Å². The molecule has 0 aliphatic heterocycles. The second kappa shape index (κ2) is 10.5. The first-order valence-corrected chi connectivity index (χ1v) is 6.96. The van der Waals surface area contributed by atoms with Crippen molar-refractivity contribution in [1.29, 1.82) is 0 Å². The maximum Gasteiger partial charge on any atom is 0.232 e. The summed E-state index contributed by atoms with van der Waals surface area (Å²) in [6, 6.07) is 0.436. The highest BCUT2D eigenvalue weighted by atomic mass is 16.5. The standard InChI is InChI=1S/C14H25N3O3/c1-12(2)15-9-13-10-17-14(11-16-13)20-6-4-5-19-8-7-18-3/h10-12,15H,4-9H2,1-3H3. The normalized spacial score (nSPS) is 11.0. The average Bonchev–Trinajstić information content (AvgIpc) is 2.45. The second-order valence-corrected chi connectivity index (χ2v) is 4.69. The number of nitrogens with one attached hydrogen (secondary N) is 1. The van der Waals surface area contributed by atoms with Gasteiger partial charge in [0.1, 0.15) is 0 Å². The van der Waals surface area contributed by atoms with E-state index in [1.54, 1.807) is 19.5 Å². The van der Waals surface area contributed by atoms with Crippen LogP contribution in [-0.4, -0.2) is 49.5 Å². The molecule has 1 aromatic rings. The molecule has 1 N–H and O–H groups in total. The van der Waals surface area contributed by atoms with E-state index in [0.717, 1.165) is 18.7 Å². The van der Waals surface area contributed by atoms with E-state index in [1.165, 1.54) is 0 Å². The van der Waals surface area contributed by atoms with Gasteiger partial charge in [-0.15, -0.1) is 0 Å². The monoisotopic (exact) mass is 283 g/mol. The molecule has 6 nitrogen and oxygen atoms in total. The molecule has 114 valence electrons. The number of hydrogen-bond donors (Lipinski definition) is 1. The Morgan fingerprint density at radius 1 is 1.10 bits per heavy atom. The quantitative estimate of drug-likeness (QED) is 0.619. The van der Waals surface area contributed by atoms with Gasteiger partial charge in [-0.3, -0.25) is 4.98 Å². The van der Waals surface area contributed by atoms with Gasteiger partial charge < -0.3 is 19.5 Å². The van der Waals surface area contributed by atoms with Crippen LogP contribution in [0.5, 0.6) is 5.88 Å². The van der Waals surface area contributed by atoms with E-state index < -0.39 is 0 Å². The molecule has 0 saturated carbocycles. The third-order valence-electron chi connectivity index (χ3n) is 2.49. The molecule has 0 unspecified atom stereocenters. The number of methoxy groups -OCH3 is 1. The van der Waals surface area contributed by atoms with Crippen LogP contribution in [0.25, 0.3) is 0 Å². The van der Waals surface area contributed by atoms with Gasteiger partial charge in [0, 0.05) is 32.7 Å². The summed E-state index contributed by atoms with van der Waals surface area (Å²) in [6.45, 7) is 7.39. The van der Waals surface area contributed by atoms with Crippen molar-refractivity contribution in [2.45, 2.75) is 32.9 Å². The van der Waals surface area contributed by atoms with Crippen LogP contribution in [0.3, 0.4) is 0 Å². The van der Waals surface area contributed by atoms with Crippen LogP contribution in [0.4, 0.5) is 0 Å². The van der Waals surface area contributed by atoms with Crippen molar-refractivity contribution in [3.63, 3.8) is 0 Å². The summed E-state index contributed by atoms with van der Waals surface area (Å²) in [5, 5.41) is 3.29. The van der Waals surface area contributed by atoms with E-state index in [1.807, 2.05) is 0 Å². The molecule has 0 bridgehead atoms. The lowest BCUT2D eigenvalue weighted by molar-refractivity contribution is 0.0642. The third-order valence-corrected chi connectivity index (χ3v) is 2.49. The highest BCUT2D eigenvalue weighted by molar-refractivity contribution is 5.07. The highest BCUT2D eigenvalue weighted by Crippen LogP contribution is 2.04. The van der Waals surface area contributed by atoms with Gasteiger partial charge in [-0.1, -0.05) is 13.8 Å². The van der Waals surface area contributed by atoms with Crippen LogP contribution in [0.1, 0.15) is 26.0 Å². The lowest BCUT2D eigenvalue weighted by atomic mass is 10.3. The van der Waals surface area contributed by atoms with Crippen molar-refractivity contribution in [3.8, 4) is 5.88 Å². The molecule has 0 fully saturated rings. The number of aromatic nitrogens is 2. The van der Waals surface area contributed by atoms with Gasteiger partial charge in [0.2, 0.25) is 5.88 Å². The van der Waals surface area contributed by atoms with Crippen molar-refractivity contribution in [2.24, 2.45) is 0 Å². The van der Waals surface area contributed by atoms with Crippen LogP contribution < -0.4 is 10.1 Å². The highest BCUT2D eigenvalue weighted by Gasteiger charge is 2.00. The van der Waals surface area contributed by atoms with E-state index in [0.29, 0.717) is 38.3 Å². The Kier molecular flexibility index (Phi) is 8.86. The molecule has 1 rings (SSSR count). The minimum atomic E-state index is 0.436. The number of hydrogen-bond acceptors (Lipinski definition) is 6. The van der Waals surface area contributed by atoms with Crippen LogP contribution in [-0.2, 0) is 16.0 Å². The molecule has 0 atom stereocenters. The zero-order chi connectivity index (χ0) is 14.6. The van der Waals surface area contributed by atoms with E-state index in [9.17, 15) is 0 Å². The molecule has 20 heavy (non-hydrogen) atoms. The smallest absolute Gasteiger partial charge is 0.232 e. The second-order valence-electron chi connectivity index (χ2n) is 4.69. The van der Waals surface area contributed by atoms with Crippen molar-refractivity contribution >= 4 is 0 Å². The van der Waals surface area contributed by atoms with Crippen LogP contribution in [0.2, 0.25) is 0 Å². The van der Waals surface area contributed by atoms with E-state index in [2.05, 4.69) is 29.1 Å². The molecule has 0 aliphatic carbocycles. The number of ether oxygens (including phenoxy) is 3. The van der Waals surface area contributed by atoms with Gasteiger partial charge in [0.25, 0.3) is 0 Å². The minimum Gasteiger partial charge on any atom is -0.476 e. The molecular weight excluding hydrogens is 258 g/mol. The SMILES string of the molecule is COCCOCCCOc1cnc(CNC(C)C)cn1. The van der Waals surface area contributed by atoms with E-state index in [4.69, 9.17) is 14.2 Å². The Hall–Kier alpha value is -1.24. The predicted molar refractivity (Wildman–Crippen MR) is 76.8 cm³/mol. The van der Waals surface area contributed by atoms with Crippen molar-refractivity contribution < 1.29 is 14.2 Å².